The molecule has 1 amide bonds. The number of hydrogen-bond acceptors (Lipinski definition) is 7. The van der Waals surface area contributed by atoms with E-state index in [4.69, 9.17) is 14.0 Å². The Kier molecular flexibility index (Phi) is 5.77. The molecule has 0 spiro atoms. The van der Waals surface area contributed by atoms with Crippen molar-refractivity contribution in [2.24, 2.45) is 0 Å². The summed E-state index contributed by atoms with van der Waals surface area (Å²) < 4.78 is 43.1. The molecule has 10 heteroatoms. The molecule has 2 aliphatic rings. The monoisotopic (exact) mass is 469 g/mol. The number of carbonyl (C=O) groups excluding carboxylic acids is 1. The number of sulfonamides is 1. The topological polar surface area (TPSA) is 111 Å². The van der Waals surface area contributed by atoms with Gasteiger partial charge in [0.25, 0.3) is 5.91 Å². The Morgan fingerprint density at radius 1 is 0.970 bits per heavy atom. The molecule has 0 bridgehead atoms. The van der Waals surface area contributed by atoms with Gasteiger partial charge in [0.05, 0.1) is 11.4 Å². The van der Waals surface area contributed by atoms with Crippen LogP contribution in [0.3, 0.4) is 0 Å². The van der Waals surface area contributed by atoms with Gasteiger partial charge in [-0.25, -0.2) is 8.42 Å². The quantitative estimate of drug-likeness (QED) is 0.590. The molecule has 2 aromatic carbocycles. The van der Waals surface area contributed by atoms with Crippen LogP contribution in [-0.2, 0) is 16.6 Å². The number of amides is 1. The van der Waals surface area contributed by atoms with Crippen molar-refractivity contribution in [1.29, 1.82) is 0 Å². The Morgan fingerprint density at radius 2 is 1.73 bits per heavy atom. The molecule has 0 unspecified atom stereocenters. The molecular weight excluding hydrogens is 446 g/mol. The van der Waals surface area contributed by atoms with Gasteiger partial charge in [-0.05, 0) is 55.3 Å². The third-order valence-electron chi connectivity index (χ3n) is 5.72. The van der Waals surface area contributed by atoms with Gasteiger partial charge in [0.2, 0.25) is 16.8 Å². The first-order valence-corrected chi connectivity index (χ1v) is 12.2. The summed E-state index contributed by atoms with van der Waals surface area (Å²) >= 11 is 0. The lowest BCUT2D eigenvalue weighted by atomic mass is 10.1. The molecule has 5 rings (SSSR count). The maximum atomic E-state index is 12.8. The minimum absolute atomic E-state index is 0.167. The first-order valence-electron chi connectivity index (χ1n) is 10.7. The van der Waals surface area contributed by atoms with E-state index in [2.05, 4.69) is 10.5 Å². The highest BCUT2D eigenvalue weighted by Gasteiger charge is 2.26. The minimum Gasteiger partial charge on any atom is -0.454 e. The Balaban J connectivity index is 1.21. The number of aromatic nitrogens is 1. The van der Waals surface area contributed by atoms with Crippen molar-refractivity contribution < 1.29 is 27.2 Å². The predicted octanol–water partition coefficient (Wildman–Crippen LogP) is 3.17. The molecule has 2 aliphatic heterocycles. The molecule has 3 aromatic rings. The molecule has 0 radical (unpaired) electrons. The van der Waals surface area contributed by atoms with Crippen molar-refractivity contribution in [3.63, 3.8) is 0 Å². The summed E-state index contributed by atoms with van der Waals surface area (Å²) in [6, 6.07) is 13.2. The molecular formula is C23H23N3O6S. The normalized spacial score (nSPS) is 16.0. The highest BCUT2D eigenvalue weighted by Crippen LogP contribution is 2.36. The van der Waals surface area contributed by atoms with Crippen LogP contribution in [-0.4, -0.2) is 43.7 Å². The van der Waals surface area contributed by atoms with Crippen LogP contribution in [0.1, 0.15) is 35.3 Å². The van der Waals surface area contributed by atoms with Crippen molar-refractivity contribution in [3.05, 3.63) is 59.8 Å². The molecule has 1 N–H and O–H groups in total. The summed E-state index contributed by atoms with van der Waals surface area (Å²) in [5.74, 6) is 1.54. The number of piperidine rings is 1. The van der Waals surface area contributed by atoms with Crippen LogP contribution in [0.5, 0.6) is 11.5 Å². The van der Waals surface area contributed by atoms with Gasteiger partial charge in [0.15, 0.2) is 17.3 Å². The average Bonchev–Trinajstić information content (AvgIpc) is 3.52. The molecule has 172 valence electrons. The first-order chi connectivity index (χ1) is 16.0. The summed E-state index contributed by atoms with van der Waals surface area (Å²) in [6.07, 6.45) is 2.80. The number of nitrogens with one attached hydrogen (secondary N) is 1. The van der Waals surface area contributed by atoms with Gasteiger partial charge in [-0.3, -0.25) is 4.79 Å². The van der Waals surface area contributed by atoms with E-state index in [9.17, 15) is 13.2 Å². The molecule has 1 saturated heterocycles. The second-order valence-electron chi connectivity index (χ2n) is 7.92. The van der Waals surface area contributed by atoms with Crippen LogP contribution in [0.2, 0.25) is 0 Å². The minimum atomic E-state index is -3.52. The summed E-state index contributed by atoms with van der Waals surface area (Å²) in [7, 11) is -3.52. The predicted molar refractivity (Wildman–Crippen MR) is 118 cm³/mol. The molecule has 0 saturated carbocycles. The van der Waals surface area contributed by atoms with Gasteiger partial charge in [-0.15, -0.1) is 0 Å². The largest absolute Gasteiger partial charge is 0.454 e. The number of nitrogens with zero attached hydrogens (tertiary/aromatic N) is 2. The summed E-state index contributed by atoms with van der Waals surface area (Å²) in [6.45, 7) is 1.44. The molecule has 0 aliphatic carbocycles. The van der Waals surface area contributed by atoms with E-state index < -0.39 is 10.0 Å². The van der Waals surface area contributed by atoms with Crippen molar-refractivity contribution in [2.75, 3.05) is 19.9 Å². The van der Waals surface area contributed by atoms with Gasteiger partial charge in [0.1, 0.15) is 5.69 Å². The summed E-state index contributed by atoms with van der Waals surface area (Å²) in [5.41, 5.74) is 1.71. The zero-order valence-corrected chi connectivity index (χ0v) is 18.6. The van der Waals surface area contributed by atoms with E-state index in [1.807, 2.05) is 12.1 Å². The number of benzene rings is 2. The van der Waals surface area contributed by atoms with E-state index in [1.54, 1.807) is 12.1 Å². The SMILES string of the molecule is O=C(NCc1cc(-c2ccc3c(c2)OCO3)on1)c1ccc(S(=O)(=O)N2CCCCC2)cc1. The maximum Gasteiger partial charge on any atom is 0.251 e. The van der Waals surface area contributed by atoms with Crippen molar-refractivity contribution >= 4 is 15.9 Å². The molecule has 3 heterocycles. The maximum absolute atomic E-state index is 12.8. The lowest BCUT2D eigenvalue weighted by Gasteiger charge is -2.25. The van der Waals surface area contributed by atoms with E-state index in [0.29, 0.717) is 41.6 Å². The van der Waals surface area contributed by atoms with Gasteiger partial charge in [-0.1, -0.05) is 11.6 Å². The highest BCUT2D eigenvalue weighted by atomic mass is 32.2. The van der Waals surface area contributed by atoms with Gasteiger partial charge >= 0.3 is 0 Å². The third-order valence-corrected chi connectivity index (χ3v) is 7.63. The fourth-order valence-electron chi connectivity index (χ4n) is 3.89. The fourth-order valence-corrected chi connectivity index (χ4v) is 5.40. The van der Waals surface area contributed by atoms with E-state index in [0.717, 1.165) is 24.8 Å². The van der Waals surface area contributed by atoms with Crippen molar-refractivity contribution in [3.8, 4) is 22.8 Å². The van der Waals surface area contributed by atoms with E-state index in [-0.39, 0.29) is 24.1 Å². The highest BCUT2D eigenvalue weighted by molar-refractivity contribution is 7.89. The summed E-state index contributed by atoms with van der Waals surface area (Å²) in [4.78, 5) is 12.7. The number of hydrogen-bond donors (Lipinski definition) is 1. The number of ether oxygens (including phenoxy) is 2. The Labute approximate surface area is 191 Å². The van der Waals surface area contributed by atoms with Crippen LogP contribution in [0, 0.1) is 0 Å². The second kappa shape index (κ2) is 8.87. The number of fused-ring (bicyclic) bond motifs is 1. The van der Waals surface area contributed by atoms with Crippen LogP contribution < -0.4 is 14.8 Å². The van der Waals surface area contributed by atoms with Gasteiger partial charge in [-0.2, -0.15) is 4.31 Å². The zero-order chi connectivity index (χ0) is 22.8. The van der Waals surface area contributed by atoms with Crippen LogP contribution in [0.25, 0.3) is 11.3 Å². The zero-order valence-electron chi connectivity index (χ0n) is 17.8. The van der Waals surface area contributed by atoms with Crippen LogP contribution >= 0.6 is 0 Å². The fraction of sp³-hybridized carbons (Fsp3) is 0.304. The molecule has 33 heavy (non-hydrogen) atoms. The molecule has 1 fully saturated rings. The smallest absolute Gasteiger partial charge is 0.251 e. The van der Waals surface area contributed by atoms with Crippen molar-refractivity contribution in [2.45, 2.75) is 30.7 Å². The second-order valence-corrected chi connectivity index (χ2v) is 9.86. The standard InChI is InChI=1S/C23H23N3O6S/c27-23(16-4-7-19(8-5-16)33(28,29)26-10-2-1-3-11-26)24-14-18-13-21(32-25-18)17-6-9-20-22(12-17)31-15-30-20/h4-9,12-13H,1-3,10-11,14-15H2,(H,24,27). The van der Waals surface area contributed by atoms with E-state index >= 15 is 0 Å². The van der Waals surface area contributed by atoms with E-state index in [1.165, 1.54) is 28.6 Å². The van der Waals surface area contributed by atoms with Gasteiger partial charge in [0, 0.05) is 30.3 Å². The average molecular weight is 470 g/mol. The summed E-state index contributed by atoms with van der Waals surface area (Å²) in [5, 5.41) is 6.78. The van der Waals surface area contributed by atoms with Crippen LogP contribution in [0.15, 0.2) is 57.9 Å². The first kappa shape index (κ1) is 21.5. The number of carbonyl (C=O) groups is 1. The molecule has 0 atom stereocenters. The third kappa shape index (κ3) is 4.44. The Morgan fingerprint density at radius 3 is 2.52 bits per heavy atom. The molecule has 1 aromatic heterocycles. The van der Waals surface area contributed by atoms with Gasteiger partial charge < -0.3 is 19.3 Å². The lowest BCUT2D eigenvalue weighted by Crippen LogP contribution is -2.35. The number of rotatable bonds is 6. The van der Waals surface area contributed by atoms with Crippen molar-refractivity contribution in [1.82, 2.24) is 14.8 Å². The Hall–Kier alpha value is -3.37. The Bertz CT molecular complexity index is 1260. The van der Waals surface area contributed by atoms with Crippen LogP contribution in [0.4, 0.5) is 0 Å². The molecule has 9 nitrogen and oxygen atoms in total. The lowest BCUT2D eigenvalue weighted by molar-refractivity contribution is 0.0950.